The van der Waals surface area contributed by atoms with E-state index in [0.717, 1.165) is 42.6 Å². The predicted molar refractivity (Wildman–Crippen MR) is 118 cm³/mol. The van der Waals surface area contributed by atoms with Crippen LogP contribution in [0.4, 0.5) is 5.00 Å². The minimum atomic E-state index is -0.389. The molecule has 0 spiro atoms. The molecule has 1 atom stereocenters. The van der Waals surface area contributed by atoms with Crippen LogP contribution in [-0.2, 0) is 24.7 Å². The summed E-state index contributed by atoms with van der Waals surface area (Å²) < 4.78 is 7.22. The van der Waals surface area contributed by atoms with E-state index < -0.39 is 0 Å². The molecule has 0 aromatic carbocycles. The molecule has 0 unspecified atom stereocenters. The van der Waals surface area contributed by atoms with Gasteiger partial charge in [0.1, 0.15) is 16.8 Å². The van der Waals surface area contributed by atoms with Gasteiger partial charge < -0.3 is 14.3 Å². The van der Waals surface area contributed by atoms with Gasteiger partial charge in [-0.2, -0.15) is 5.26 Å². The Bertz CT molecular complexity index is 1120. The van der Waals surface area contributed by atoms with Crippen LogP contribution in [-0.4, -0.2) is 25.9 Å². The lowest BCUT2D eigenvalue weighted by Crippen LogP contribution is -2.22. The number of aromatic nitrogens is 3. The van der Waals surface area contributed by atoms with Gasteiger partial charge in [-0.15, -0.1) is 21.5 Å². The highest BCUT2D eigenvalue weighted by Crippen LogP contribution is 2.37. The molecule has 1 N–H and O–H groups in total. The van der Waals surface area contributed by atoms with Crippen LogP contribution in [0.15, 0.2) is 21.9 Å². The largest absolute Gasteiger partial charge is 0.469 e. The van der Waals surface area contributed by atoms with E-state index in [0.29, 0.717) is 21.5 Å². The van der Waals surface area contributed by atoms with Crippen LogP contribution in [0.25, 0.3) is 11.4 Å². The Kier molecular flexibility index (Phi) is 5.97. The summed E-state index contributed by atoms with van der Waals surface area (Å²) in [6.07, 6.45) is 6.97. The molecule has 0 radical (unpaired) electrons. The first-order valence-electron chi connectivity index (χ1n) is 9.95. The van der Waals surface area contributed by atoms with Crippen LogP contribution in [0, 0.1) is 18.3 Å². The average molecular weight is 442 g/mol. The normalized spacial score (nSPS) is 14.6. The second-order valence-electron chi connectivity index (χ2n) is 7.39. The zero-order valence-corrected chi connectivity index (χ0v) is 18.8. The fourth-order valence-corrected chi connectivity index (χ4v) is 5.70. The van der Waals surface area contributed by atoms with Gasteiger partial charge in [0.25, 0.3) is 0 Å². The summed E-state index contributed by atoms with van der Waals surface area (Å²) in [6, 6.07) is 4.17. The highest BCUT2D eigenvalue weighted by molar-refractivity contribution is 8.00. The summed E-state index contributed by atoms with van der Waals surface area (Å²) in [5.74, 6) is 1.33. The smallest absolute Gasteiger partial charge is 0.238 e. The van der Waals surface area contributed by atoms with Crippen LogP contribution in [0.3, 0.4) is 0 Å². The first-order valence-corrected chi connectivity index (χ1v) is 11.6. The molecule has 1 aliphatic carbocycles. The monoisotopic (exact) mass is 441 g/mol. The Hall–Kier alpha value is -2.57. The molecule has 0 saturated carbocycles. The van der Waals surface area contributed by atoms with Gasteiger partial charge >= 0.3 is 0 Å². The third-order valence-corrected chi connectivity index (χ3v) is 7.70. The second-order valence-corrected chi connectivity index (χ2v) is 9.80. The number of carbonyl (C=O) groups excluding carboxylic acids is 1. The third kappa shape index (κ3) is 3.89. The van der Waals surface area contributed by atoms with Crippen LogP contribution in [0.2, 0.25) is 0 Å². The second kappa shape index (κ2) is 8.66. The van der Waals surface area contributed by atoms with Gasteiger partial charge in [-0.05, 0) is 51.2 Å². The van der Waals surface area contributed by atoms with Crippen molar-refractivity contribution in [1.82, 2.24) is 14.8 Å². The average Bonchev–Trinajstić information content (AvgIpc) is 3.34. The van der Waals surface area contributed by atoms with Crippen LogP contribution in [0.5, 0.6) is 0 Å². The quantitative estimate of drug-likeness (QED) is 0.455. The molecule has 0 saturated heterocycles. The number of amides is 1. The van der Waals surface area contributed by atoms with E-state index >= 15 is 0 Å². The Labute approximate surface area is 183 Å². The number of furan rings is 1. The van der Waals surface area contributed by atoms with Crippen molar-refractivity contribution in [3.8, 4) is 17.5 Å². The maximum atomic E-state index is 12.9. The molecule has 4 rings (SSSR count). The maximum Gasteiger partial charge on any atom is 0.238 e. The Balaban J connectivity index is 1.49. The van der Waals surface area contributed by atoms with E-state index in [4.69, 9.17) is 4.42 Å². The molecule has 3 aromatic heterocycles. The molecule has 0 fully saturated rings. The number of nitriles is 1. The van der Waals surface area contributed by atoms with Gasteiger partial charge in [0, 0.05) is 11.9 Å². The van der Waals surface area contributed by atoms with Gasteiger partial charge in [-0.3, -0.25) is 4.79 Å². The molecule has 3 heterocycles. The molecular weight excluding hydrogens is 418 g/mol. The number of thiophene rings is 1. The van der Waals surface area contributed by atoms with Crippen LogP contribution >= 0.6 is 23.1 Å². The lowest BCUT2D eigenvalue weighted by molar-refractivity contribution is -0.115. The molecule has 1 aliphatic rings. The first kappa shape index (κ1) is 20.7. The molecule has 156 valence electrons. The fourth-order valence-electron chi connectivity index (χ4n) is 3.64. The summed E-state index contributed by atoms with van der Waals surface area (Å²) in [7, 11) is 1.87. The zero-order valence-electron chi connectivity index (χ0n) is 17.2. The highest BCUT2D eigenvalue weighted by Gasteiger charge is 2.24. The summed E-state index contributed by atoms with van der Waals surface area (Å²) in [6.45, 7) is 3.71. The Morgan fingerprint density at radius 1 is 1.37 bits per heavy atom. The minimum Gasteiger partial charge on any atom is -0.469 e. The molecule has 7 nitrogen and oxygen atoms in total. The van der Waals surface area contributed by atoms with E-state index in [-0.39, 0.29) is 11.2 Å². The number of fused-ring (bicyclic) bond motifs is 1. The number of hydrogen-bond donors (Lipinski definition) is 1. The van der Waals surface area contributed by atoms with Gasteiger partial charge in [-0.25, -0.2) is 0 Å². The van der Waals surface area contributed by atoms with E-state index in [9.17, 15) is 10.1 Å². The first-order chi connectivity index (χ1) is 14.5. The highest BCUT2D eigenvalue weighted by atomic mass is 32.2. The summed E-state index contributed by atoms with van der Waals surface area (Å²) in [5.41, 5.74) is 2.65. The predicted octanol–water partition coefficient (Wildman–Crippen LogP) is 4.70. The molecule has 30 heavy (non-hydrogen) atoms. The maximum absolute atomic E-state index is 12.9. The van der Waals surface area contributed by atoms with E-state index in [1.165, 1.54) is 23.1 Å². The van der Waals surface area contributed by atoms with Crippen molar-refractivity contribution in [3.63, 3.8) is 0 Å². The van der Waals surface area contributed by atoms with Crippen molar-refractivity contribution in [2.45, 2.75) is 56.4 Å². The number of thioether (sulfide) groups is 1. The molecule has 1 amide bonds. The van der Waals surface area contributed by atoms with E-state index in [1.807, 2.05) is 31.5 Å². The molecule has 9 heteroatoms. The van der Waals surface area contributed by atoms with Crippen LogP contribution < -0.4 is 5.32 Å². The van der Waals surface area contributed by atoms with Crippen molar-refractivity contribution >= 4 is 34.0 Å². The number of anilines is 1. The SMILES string of the molecule is Cc1occc1-c1nnc(S[C@@H](C)C(=O)Nc2sc3c(c2C#N)CCCCC3)n1C. The number of carbonyl (C=O) groups is 1. The molecular formula is C21H23N5O2S2. The fraction of sp³-hybridized carbons (Fsp3) is 0.429. The van der Waals surface area contributed by atoms with E-state index in [1.54, 1.807) is 17.6 Å². The van der Waals surface area contributed by atoms with E-state index in [2.05, 4.69) is 21.6 Å². The zero-order chi connectivity index (χ0) is 21.3. The number of hydrogen-bond acceptors (Lipinski definition) is 7. The van der Waals surface area contributed by atoms with Crippen molar-refractivity contribution in [1.29, 1.82) is 5.26 Å². The topological polar surface area (TPSA) is 96.7 Å². The third-order valence-electron chi connectivity index (χ3n) is 5.36. The van der Waals surface area contributed by atoms with Gasteiger partial charge in [0.15, 0.2) is 11.0 Å². The van der Waals surface area contributed by atoms with Gasteiger partial charge in [-0.1, -0.05) is 18.2 Å². The minimum absolute atomic E-state index is 0.142. The number of aryl methyl sites for hydroxylation is 2. The standard InChI is InChI=1S/C21H23N5O2S2/c1-12-14(9-10-28-12)18-24-25-21(26(18)3)29-13(2)19(27)23-20-16(11-22)15-7-5-4-6-8-17(15)30-20/h9-10,13H,4-8H2,1-3H3,(H,23,27)/t13-/m0/s1. The molecule has 0 bridgehead atoms. The van der Waals surface area contributed by atoms with Crippen molar-refractivity contribution in [2.24, 2.45) is 7.05 Å². The molecule has 0 aliphatic heterocycles. The van der Waals surface area contributed by atoms with Gasteiger partial charge in [0.05, 0.1) is 22.6 Å². The van der Waals surface area contributed by atoms with Crippen LogP contribution in [0.1, 0.15) is 48.0 Å². The Morgan fingerprint density at radius 3 is 2.90 bits per heavy atom. The molecule has 3 aromatic rings. The van der Waals surface area contributed by atoms with Gasteiger partial charge in [0.2, 0.25) is 5.91 Å². The summed E-state index contributed by atoms with van der Waals surface area (Å²) >= 11 is 2.89. The number of nitrogens with one attached hydrogen (secondary N) is 1. The summed E-state index contributed by atoms with van der Waals surface area (Å²) in [5, 5.41) is 22.1. The van der Waals surface area contributed by atoms with Crippen molar-refractivity contribution < 1.29 is 9.21 Å². The lowest BCUT2D eigenvalue weighted by Gasteiger charge is -2.11. The van der Waals surface area contributed by atoms with Crippen molar-refractivity contribution in [3.05, 3.63) is 34.1 Å². The Morgan fingerprint density at radius 2 is 2.17 bits per heavy atom. The summed E-state index contributed by atoms with van der Waals surface area (Å²) in [4.78, 5) is 14.1. The lowest BCUT2D eigenvalue weighted by atomic mass is 10.1. The number of nitrogens with zero attached hydrogens (tertiary/aromatic N) is 4. The van der Waals surface area contributed by atoms with Crippen molar-refractivity contribution in [2.75, 3.05) is 5.32 Å². The number of rotatable bonds is 5.